The summed E-state index contributed by atoms with van der Waals surface area (Å²) in [5.41, 5.74) is 10.0. The van der Waals surface area contributed by atoms with Gasteiger partial charge < -0.3 is 11.1 Å². The highest BCUT2D eigenvalue weighted by Gasteiger charge is 2.30. The van der Waals surface area contributed by atoms with E-state index in [0.717, 1.165) is 59.5 Å². The highest BCUT2D eigenvalue weighted by molar-refractivity contribution is 7.23. The zero-order valence-corrected chi connectivity index (χ0v) is 22.4. The summed E-state index contributed by atoms with van der Waals surface area (Å²) < 4.78 is 18.2. The molecule has 4 aromatic rings. The molecule has 2 aliphatic heterocycles. The summed E-state index contributed by atoms with van der Waals surface area (Å²) in [7, 11) is 2.10. The lowest BCUT2D eigenvalue weighted by atomic mass is 9.87. The van der Waals surface area contributed by atoms with Crippen molar-refractivity contribution < 1.29 is 9.18 Å². The van der Waals surface area contributed by atoms with Crippen LogP contribution >= 0.6 is 36.2 Å². The minimum Gasteiger partial charge on any atom is -0.369 e. The van der Waals surface area contributed by atoms with Crippen LogP contribution in [0.5, 0.6) is 0 Å². The third-order valence-electron chi connectivity index (χ3n) is 7.51. The molecule has 6 rings (SSSR count). The maximum Gasteiger partial charge on any atom is 0.220 e. The highest BCUT2D eigenvalue weighted by Crippen LogP contribution is 2.37. The van der Waals surface area contributed by atoms with E-state index in [1.165, 1.54) is 5.56 Å². The Morgan fingerprint density at radius 3 is 2.69 bits per heavy atom. The van der Waals surface area contributed by atoms with E-state index < -0.39 is 0 Å². The summed E-state index contributed by atoms with van der Waals surface area (Å²) in [6.07, 6.45) is 5.66. The molecule has 6 nitrogen and oxygen atoms in total. The molecule has 1 amide bonds. The topological polar surface area (TPSA) is 75.7 Å². The van der Waals surface area contributed by atoms with E-state index in [1.54, 1.807) is 17.4 Å². The number of primary amides is 1. The van der Waals surface area contributed by atoms with E-state index in [9.17, 15) is 4.79 Å². The minimum atomic E-state index is -0.229. The van der Waals surface area contributed by atoms with Crippen molar-refractivity contribution in [2.45, 2.75) is 37.8 Å². The number of piperidine rings is 1. The van der Waals surface area contributed by atoms with Crippen LogP contribution in [0, 0.1) is 11.7 Å². The maximum absolute atomic E-state index is 15.0. The molecule has 4 heterocycles. The molecule has 0 saturated carbocycles. The largest absolute Gasteiger partial charge is 0.369 e. The van der Waals surface area contributed by atoms with Gasteiger partial charge in [0.25, 0.3) is 0 Å². The number of hydrogen-bond acceptors (Lipinski definition) is 5. The summed E-state index contributed by atoms with van der Waals surface area (Å²) in [6.45, 7) is 1.84. The number of thiazole rings is 1. The van der Waals surface area contributed by atoms with Gasteiger partial charge in [0, 0.05) is 29.8 Å². The summed E-state index contributed by atoms with van der Waals surface area (Å²) in [5, 5.41) is 3.42. The molecule has 2 aromatic carbocycles. The lowest BCUT2D eigenvalue weighted by Gasteiger charge is -2.36. The van der Waals surface area contributed by atoms with Crippen LogP contribution in [0.4, 0.5) is 4.39 Å². The van der Waals surface area contributed by atoms with Gasteiger partial charge in [0.05, 0.1) is 15.9 Å². The van der Waals surface area contributed by atoms with Crippen molar-refractivity contribution >= 4 is 57.2 Å². The Morgan fingerprint density at radius 2 is 1.97 bits per heavy atom. The summed E-state index contributed by atoms with van der Waals surface area (Å²) in [4.78, 5) is 19.6. The number of benzene rings is 2. The monoisotopic (exact) mass is 549 g/mol. The van der Waals surface area contributed by atoms with E-state index in [4.69, 9.17) is 10.7 Å². The fourth-order valence-electron chi connectivity index (χ4n) is 5.51. The molecule has 0 radical (unpaired) electrons. The number of carbonyl (C=O) groups excluding carboxylic acids is 1. The molecule has 0 bridgehead atoms. The van der Waals surface area contributed by atoms with Gasteiger partial charge in [0.1, 0.15) is 5.82 Å². The van der Waals surface area contributed by atoms with Crippen molar-refractivity contribution in [2.24, 2.45) is 11.7 Å². The van der Waals surface area contributed by atoms with Crippen LogP contribution in [0.3, 0.4) is 0 Å². The number of hydrogen-bond donors (Lipinski definition) is 2. The molecule has 3 unspecified atom stereocenters. The number of fused-ring (bicyclic) bond motifs is 3. The third kappa shape index (κ3) is 4.73. The molecular formula is C26H30Cl2FN5OS. The summed E-state index contributed by atoms with van der Waals surface area (Å²) in [5.74, 6) is -0.514. The Labute approximate surface area is 225 Å². The number of aromatic nitrogens is 2. The van der Waals surface area contributed by atoms with E-state index in [0.29, 0.717) is 11.3 Å². The predicted molar refractivity (Wildman–Crippen MR) is 148 cm³/mol. The van der Waals surface area contributed by atoms with Gasteiger partial charge in [0.15, 0.2) is 4.96 Å². The first-order valence-electron chi connectivity index (χ1n) is 11.9. The lowest BCUT2D eigenvalue weighted by molar-refractivity contribution is -0.123. The number of nitrogens with zero attached hydrogens (tertiary/aromatic N) is 3. The number of amides is 1. The Balaban J connectivity index is 0.00000152. The number of imidazole rings is 1. The zero-order chi connectivity index (χ0) is 23.4. The third-order valence-corrected chi connectivity index (χ3v) is 8.52. The number of rotatable bonds is 4. The molecule has 10 heteroatoms. The Bertz CT molecular complexity index is 1400. The quantitative estimate of drug-likeness (QED) is 0.352. The summed E-state index contributed by atoms with van der Waals surface area (Å²) >= 11 is 1.60. The standard InChI is InChI=1S/C26H28FN5OS.2ClH/c1-31-10-8-17(25(28)33)12-23(31)16-5-7-22-24(13-16)34-26-30-21(14-32(22)26)18-6-4-15(11-19(18)27)20-3-2-9-29-20;;/h4-7,11,13-14,17,20,23,29H,2-3,8-10,12H2,1H3,(H2,28,33);2*1H. The molecule has 0 aliphatic carbocycles. The number of nitrogens with one attached hydrogen (secondary N) is 1. The second-order valence-electron chi connectivity index (χ2n) is 9.62. The molecule has 0 spiro atoms. The van der Waals surface area contributed by atoms with Crippen molar-refractivity contribution in [3.05, 3.63) is 59.5 Å². The van der Waals surface area contributed by atoms with Crippen LogP contribution < -0.4 is 11.1 Å². The van der Waals surface area contributed by atoms with Gasteiger partial charge in [0.2, 0.25) is 5.91 Å². The van der Waals surface area contributed by atoms with E-state index in [1.807, 2.05) is 22.7 Å². The first-order valence-corrected chi connectivity index (χ1v) is 12.7. The molecule has 2 fully saturated rings. The second kappa shape index (κ2) is 10.6. The summed E-state index contributed by atoms with van der Waals surface area (Å²) in [6, 6.07) is 12.4. The molecule has 2 saturated heterocycles. The van der Waals surface area contributed by atoms with Crippen LogP contribution in [0.15, 0.2) is 42.6 Å². The van der Waals surface area contributed by atoms with Crippen LogP contribution in [-0.2, 0) is 4.79 Å². The Kier molecular flexibility index (Phi) is 7.92. The van der Waals surface area contributed by atoms with Crippen molar-refractivity contribution in [3.8, 4) is 11.3 Å². The SMILES string of the molecule is CN1CCC(C(N)=O)CC1c1ccc2c(c1)sc1nc(-c3ccc(C4CCCN4)cc3F)cn12.Cl.Cl. The first kappa shape index (κ1) is 26.8. The van der Waals surface area contributed by atoms with Crippen molar-refractivity contribution in [3.63, 3.8) is 0 Å². The minimum absolute atomic E-state index is 0. The molecule has 3 N–H and O–H groups in total. The molecule has 192 valence electrons. The number of halogens is 3. The molecule has 2 aliphatic rings. The molecular weight excluding hydrogens is 520 g/mol. The van der Waals surface area contributed by atoms with Crippen LogP contribution in [0.25, 0.3) is 26.4 Å². The van der Waals surface area contributed by atoms with Crippen LogP contribution in [-0.4, -0.2) is 40.3 Å². The van der Waals surface area contributed by atoms with Gasteiger partial charge in [-0.05, 0) is 81.2 Å². The molecule has 3 atom stereocenters. The normalized spacial score (nSPS) is 22.4. The Hall–Kier alpha value is -2.23. The predicted octanol–water partition coefficient (Wildman–Crippen LogP) is 5.49. The number of likely N-dealkylation sites (tertiary alicyclic amines) is 1. The van der Waals surface area contributed by atoms with Crippen LogP contribution in [0.1, 0.15) is 48.9 Å². The van der Waals surface area contributed by atoms with Gasteiger partial charge in [-0.15, -0.1) is 24.8 Å². The van der Waals surface area contributed by atoms with Gasteiger partial charge in [-0.3, -0.25) is 14.1 Å². The molecule has 2 aromatic heterocycles. The van der Waals surface area contributed by atoms with Gasteiger partial charge in [-0.1, -0.05) is 23.5 Å². The van der Waals surface area contributed by atoms with E-state index >= 15 is 4.39 Å². The van der Waals surface area contributed by atoms with Gasteiger partial charge in [-0.25, -0.2) is 9.37 Å². The lowest BCUT2D eigenvalue weighted by Crippen LogP contribution is -2.38. The number of nitrogens with two attached hydrogens (primary N) is 1. The first-order chi connectivity index (χ1) is 16.5. The van der Waals surface area contributed by atoms with Crippen molar-refractivity contribution in [2.75, 3.05) is 20.1 Å². The van der Waals surface area contributed by atoms with Crippen molar-refractivity contribution in [1.29, 1.82) is 0 Å². The Morgan fingerprint density at radius 1 is 1.17 bits per heavy atom. The fraction of sp³-hybridized carbons (Fsp3) is 0.385. The maximum atomic E-state index is 15.0. The van der Waals surface area contributed by atoms with E-state index in [-0.39, 0.29) is 54.5 Å². The fourth-order valence-corrected chi connectivity index (χ4v) is 6.57. The zero-order valence-electron chi connectivity index (χ0n) is 19.9. The van der Waals surface area contributed by atoms with Crippen LogP contribution in [0.2, 0.25) is 0 Å². The second-order valence-corrected chi connectivity index (χ2v) is 10.6. The number of carbonyl (C=O) groups is 1. The van der Waals surface area contributed by atoms with Gasteiger partial charge >= 0.3 is 0 Å². The average Bonchev–Trinajstić information content (AvgIpc) is 3.55. The molecule has 36 heavy (non-hydrogen) atoms. The highest BCUT2D eigenvalue weighted by atomic mass is 35.5. The average molecular weight is 551 g/mol. The van der Waals surface area contributed by atoms with Crippen molar-refractivity contribution in [1.82, 2.24) is 19.6 Å². The van der Waals surface area contributed by atoms with Gasteiger partial charge in [-0.2, -0.15) is 0 Å². The smallest absolute Gasteiger partial charge is 0.220 e. The van der Waals surface area contributed by atoms with E-state index in [2.05, 4.69) is 35.5 Å².